The van der Waals surface area contributed by atoms with Gasteiger partial charge in [0.25, 0.3) is 0 Å². The highest BCUT2D eigenvalue weighted by Crippen LogP contribution is 2.31. The lowest BCUT2D eigenvalue weighted by molar-refractivity contribution is -0.137. The molecule has 106 valence electrons. The fraction of sp³-hybridized carbons (Fsp3) is 0.200. The number of hydrogen-bond donors (Lipinski definition) is 0. The first-order chi connectivity index (χ1) is 9.49. The Bertz CT molecular complexity index is 545. The molecule has 0 saturated carbocycles. The second kappa shape index (κ2) is 5.86. The van der Waals surface area contributed by atoms with E-state index in [-0.39, 0.29) is 0 Å². The fourth-order valence-corrected chi connectivity index (χ4v) is 1.62. The standard InChI is InChI=1S/C15H13F3O2/c1-2-19-12-7-9-14(10-8-12)20-13-5-3-11(4-6-13)15(16,17)18/h3-10H,2H2,1H3. The molecule has 0 aliphatic heterocycles. The Labute approximate surface area is 114 Å². The van der Waals surface area contributed by atoms with Gasteiger partial charge in [0.1, 0.15) is 17.2 Å². The lowest BCUT2D eigenvalue weighted by Gasteiger charge is -2.09. The van der Waals surface area contributed by atoms with E-state index in [2.05, 4.69) is 0 Å². The third kappa shape index (κ3) is 3.66. The zero-order valence-corrected chi connectivity index (χ0v) is 10.8. The molecule has 2 rings (SSSR count). The fourth-order valence-electron chi connectivity index (χ4n) is 1.62. The number of hydrogen-bond acceptors (Lipinski definition) is 2. The largest absolute Gasteiger partial charge is 0.494 e. The molecule has 0 atom stereocenters. The van der Waals surface area contributed by atoms with E-state index < -0.39 is 11.7 Å². The summed E-state index contributed by atoms with van der Waals surface area (Å²) in [7, 11) is 0. The lowest BCUT2D eigenvalue weighted by Crippen LogP contribution is -2.03. The summed E-state index contributed by atoms with van der Waals surface area (Å²) in [6.07, 6.45) is -4.34. The number of alkyl halides is 3. The van der Waals surface area contributed by atoms with Crippen LogP contribution in [0.25, 0.3) is 0 Å². The van der Waals surface area contributed by atoms with Gasteiger partial charge in [-0.3, -0.25) is 0 Å². The Hall–Kier alpha value is -2.17. The van der Waals surface area contributed by atoms with Crippen LogP contribution in [0.15, 0.2) is 48.5 Å². The van der Waals surface area contributed by atoms with E-state index in [0.717, 1.165) is 12.1 Å². The molecule has 0 fully saturated rings. The van der Waals surface area contributed by atoms with Crippen LogP contribution in [0.5, 0.6) is 17.2 Å². The van der Waals surface area contributed by atoms with Crippen LogP contribution in [0, 0.1) is 0 Å². The molecule has 2 aromatic rings. The van der Waals surface area contributed by atoms with Gasteiger partial charge >= 0.3 is 6.18 Å². The molecule has 0 aromatic heterocycles. The molecule has 2 nitrogen and oxygen atoms in total. The first-order valence-corrected chi connectivity index (χ1v) is 6.07. The predicted molar refractivity (Wildman–Crippen MR) is 69.1 cm³/mol. The SMILES string of the molecule is CCOc1ccc(Oc2ccc(C(F)(F)F)cc2)cc1. The highest BCUT2D eigenvalue weighted by molar-refractivity contribution is 5.36. The summed E-state index contributed by atoms with van der Waals surface area (Å²) in [4.78, 5) is 0. The van der Waals surface area contributed by atoms with Crippen LogP contribution in [0.1, 0.15) is 12.5 Å². The number of rotatable bonds is 4. The molecule has 0 aliphatic carbocycles. The van der Waals surface area contributed by atoms with Crippen molar-refractivity contribution in [2.24, 2.45) is 0 Å². The molecule has 20 heavy (non-hydrogen) atoms. The molecule has 0 bridgehead atoms. The number of benzene rings is 2. The first-order valence-electron chi connectivity index (χ1n) is 6.07. The Kier molecular flexibility index (Phi) is 4.17. The minimum absolute atomic E-state index is 0.349. The molecule has 0 unspecified atom stereocenters. The van der Waals surface area contributed by atoms with Crippen LogP contribution < -0.4 is 9.47 Å². The van der Waals surface area contributed by atoms with Gasteiger partial charge in [0.15, 0.2) is 0 Å². The van der Waals surface area contributed by atoms with Crippen molar-refractivity contribution in [1.29, 1.82) is 0 Å². The second-order valence-corrected chi connectivity index (χ2v) is 4.03. The second-order valence-electron chi connectivity index (χ2n) is 4.03. The van der Waals surface area contributed by atoms with Gasteiger partial charge in [-0.15, -0.1) is 0 Å². The third-order valence-electron chi connectivity index (χ3n) is 2.55. The van der Waals surface area contributed by atoms with E-state index in [4.69, 9.17) is 9.47 Å². The maximum Gasteiger partial charge on any atom is 0.416 e. The monoisotopic (exact) mass is 282 g/mol. The average molecular weight is 282 g/mol. The van der Waals surface area contributed by atoms with Gasteiger partial charge in [-0.25, -0.2) is 0 Å². The zero-order valence-electron chi connectivity index (χ0n) is 10.8. The maximum absolute atomic E-state index is 12.4. The van der Waals surface area contributed by atoms with Crippen molar-refractivity contribution in [2.75, 3.05) is 6.61 Å². The van der Waals surface area contributed by atoms with E-state index >= 15 is 0 Å². The van der Waals surface area contributed by atoms with Crippen LogP contribution in [0.4, 0.5) is 13.2 Å². The van der Waals surface area contributed by atoms with E-state index in [1.807, 2.05) is 6.92 Å². The van der Waals surface area contributed by atoms with Gasteiger partial charge in [0.2, 0.25) is 0 Å². The topological polar surface area (TPSA) is 18.5 Å². The average Bonchev–Trinajstić information content (AvgIpc) is 2.41. The molecular formula is C15H13F3O2. The minimum atomic E-state index is -4.34. The van der Waals surface area contributed by atoms with E-state index in [9.17, 15) is 13.2 Å². The van der Waals surface area contributed by atoms with Gasteiger partial charge in [-0.2, -0.15) is 13.2 Å². The molecule has 0 spiro atoms. The Morgan fingerprint density at radius 3 is 1.70 bits per heavy atom. The van der Waals surface area contributed by atoms with Crippen molar-refractivity contribution < 1.29 is 22.6 Å². The third-order valence-corrected chi connectivity index (χ3v) is 2.55. The van der Waals surface area contributed by atoms with Gasteiger partial charge in [-0.05, 0) is 55.5 Å². The summed E-state index contributed by atoms with van der Waals surface area (Å²) in [5.41, 5.74) is -0.698. The maximum atomic E-state index is 12.4. The molecule has 5 heteroatoms. The molecule has 0 aliphatic rings. The van der Waals surface area contributed by atoms with Crippen molar-refractivity contribution in [3.8, 4) is 17.2 Å². The molecule has 0 saturated heterocycles. The normalized spacial score (nSPS) is 11.2. The van der Waals surface area contributed by atoms with Crippen LogP contribution in [-0.4, -0.2) is 6.61 Å². The van der Waals surface area contributed by atoms with Crippen molar-refractivity contribution in [3.63, 3.8) is 0 Å². The molecular weight excluding hydrogens is 269 g/mol. The van der Waals surface area contributed by atoms with Crippen molar-refractivity contribution in [3.05, 3.63) is 54.1 Å². The molecule has 0 radical (unpaired) electrons. The number of halogens is 3. The quantitative estimate of drug-likeness (QED) is 0.794. The van der Waals surface area contributed by atoms with Gasteiger partial charge < -0.3 is 9.47 Å². The van der Waals surface area contributed by atoms with Crippen molar-refractivity contribution in [1.82, 2.24) is 0 Å². The summed E-state index contributed by atoms with van der Waals surface area (Å²) in [5, 5.41) is 0. The van der Waals surface area contributed by atoms with Crippen LogP contribution in [0.3, 0.4) is 0 Å². The smallest absolute Gasteiger partial charge is 0.416 e. The van der Waals surface area contributed by atoms with Gasteiger partial charge in [0.05, 0.1) is 12.2 Å². The minimum Gasteiger partial charge on any atom is -0.494 e. The lowest BCUT2D eigenvalue weighted by atomic mass is 10.2. The van der Waals surface area contributed by atoms with Crippen molar-refractivity contribution >= 4 is 0 Å². The first kappa shape index (κ1) is 14.2. The summed E-state index contributed by atoms with van der Waals surface area (Å²) >= 11 is 0. The van der Waals surface area contributed by atoms with Crippen LogP contribution in [0.2, 0.25) is 0 Å². The number of ether oxygens (including phenoxy) is 2. The molecule has 0 heterocycles. The summed E-state index contributed by atoms with van der Waals surface area (Å²) < 4.78 is 48.0. The highest BCUT2D eigenvalue weighted by atomic mass is 19.4. The Morgan fingerprint density at radius 2 is 1.25 bits per heavy atom. The Morgan fingerprint density at radius 1 is 0.800 bits per heavy atom. The summed E-state index contributed by atoms with van der Waals surface area (Å²) in [6.45, 7) is 2.45. The molecule has 0 N–H and O–H groups in total. The summed E-state index contributed by atoms with van der Waals surface area (Å²) in [6, 6.07) is 11.4. The van der Waals surface area contributed by atoms with Crippen LogP contribution >= 0.6 is 0 Å². The van der Waals surface area contributed by atoms with E-state index in [1.165, 1.54) is 12.1 Å². The van der Waals surface area contributed by atoms with Crippen molar-refractivity contribution in [2.45, 2.75) is 13.1 Å². The highest BCUT2D eigenvalue weighted by Gasteiger charge is 2.30. The Balaban J connectivity index is 2.06. The van der Waals surface area contributed by atoms with E-state index in [0.29, 0.717) is 23.9 Å². The predicted octanol–water partition coefficient (Wildman–Crippen LogP) is 4.90. The molecule has 2 aromatic carbocycles. The van der Waals surface area contributed by atoms with E-state index in [1.54, 1.807) is 24.3 Å². The zero-order chi connectivity index (χ0) is 14.6. The van der Waals surface area contributed by atoms with Gasteiger partial charge in [0, 0.05) is 0 Å². The van der Waals surface area contributed by atoms with Gasteiger partial charge in [-0.1, -0.05) is 0 Å². The van der Waals surface area contributed by atoms with Crippen LogP contribution in [-0.2, 0) is 6.18 Å². The summed E-state index contributed by atoms with van der Waals surface area (Å²) in [5.74, 6) is 1.60. The molecule has 0 amide bonds.